The first kappa shape index (κ1) is 23.1. The number of rotatable bonds is 6. The number of nitrogens with one attached hydrogen (secondary N) is 2. The van der Waals surface area contributed by atoms with Crippen LogP contribution in [0, 0.1) is 6.92 Å². The lowest BCUT2D eigenvalue weighted by Crippen LogP contribution is -2.35. The smallest absolute Gasteiger partial charge is 0.243 e. The second kappa shape index (κ2) is 9.17. The van der Waals surface area contributed by atoms with Crippen molar-refractivity contribution in [1.82, 2.24) is 19.5 Å². The molecule has 1 atom stereocenters. The molecule has 2 aromatic carbocycles. The number of fused-ring (bicyclic) bond motifs is 2. The van der Waals surface area contributed by atoms with Crippen molar-refractivity contribution < 1.29 is 13.2 Å². The van der Waals surface area contributed by atoms with Gasteiger partial charge in [-0.3, -0.25) is 4.79 Å². The molecule has 8 heteroatoms. The highest BCUT2D eigenvalue weighted by atomic mass is 32.2. The molecule has 1 amide bonds. The van der Waals surface area contributed by atoms with E-state index in [4.69, 9.17) is 0 Å². The van der Waals surface area contributed by atoms with E-state index >= 15 is 0 Å². The molecule has 0 spiro atoms. The van der Waals surface area contributed by atoms with Crippen LogP contribution in [0.15, 0.2) is 47.5 Å². The summed E-state index contributed by atoms with van der Waals surface area (Å²) in [5, 5.41) is 7.26. The Labute approximate surface area is 201 Å². The monoisotopic (exact) mass is 480 g/mol. The molecule has 3 heterocycles. The number of hydrogen-bond acceptors (Lipinski definition) is 4. The normalized spacial score (nSPS) is 17.6. The van der Waals surface area contributed by atoms with Gasteiger partial charge in [-0.2, -0.15) is 4.31 Å². The molecule has 34 heavy (non-hydrogen) atoms. The molecule has 1 unspecified atom stereocenters. The third-order valence-electron chi connectivity index (χ3n) is 7.12. The van der Waals surface area contributed by atoms with E-state index in [9.17, 15) is 13.2 Å². The van der Waals surface area contributed by atoms with E-state index in [1.165, 1.54) is 11.1 Å². The van der Waals surface area contributed by atoms with Gasteiger partial charge in [0.2, 0.25) is 15.9 Å². The van der Waals surface area contributed by atoms with E-state index in [1.807, 2.05) is 30.7 Å². The molecule has 0 aliphatic carbocycles. The van der Waals surface area contributed by atoms with Gasteiger partial charge in [0.25, 0.3) is 0 Å². The van der Waals surface area contributed by atoms with Gasteiger partial charge in [0, 0.05) is 49.8 Å². The molecule has 1 fully saturated rings. The summed E-state index contributed by atoms with van der Waals surface area (Å²) in [5.74, 6) is -0.0689. The van der Waals surface area contributed by atoms with E-state index in [0.717, 1.165) is 54.4 Å². The zero-order chi connectivity index (χ0) is 23.9. The number of hydrogen-bond donors (Lipinski definition) is 2. The van der Waals surface area contributed by atoms with Gasteiger partial charge < -0.3 is 15.2 Å². The first-order valence-corrected chi connectivity index (χ1v) is 13.5. The van der Waals surface area contributed by atoms with E-state index in [2.05, 4.69) is 28.8 Å². The fourth-order valence-electron chi connectivity index (χ4n) is 5.06. The summed E-state index contributed by atoms with van der Waals surface area (Å²) in [6.07, 6.45) is 4.83. The highest BCUT2D eigenvalue weighted by molar-refractivity contribution is 7.89. The van der Waals surface area contributed by atoms with Crippen LogP contribution in [0.2, 0.25) is 0 Å². The number of amides is 1. The quantitative estimate of drug-likeness (QED) is 0.565. The maximum Gasteiger partial charge on any atom is 0.243 e. The summed E-state index contributed by atoms with van der Waals surface area (Å²) < 4.78 is 29.8. The summed E-state index contributed by atoms with van der Waals surface area (Å²) in [7, 11) is -3.50. The zero-order valence-corrected chi connectivity index (χ0v) is 20.6. The van der Waals surface area contributed by atoms with Crippen molar-refractivity contribution >= 4 is 26.8 Å². The van der Waals surface area contributed by atoms with Crippen LogP contribution in [-0.2, 0) is 34.5 Å². The Bertz CT molecular complexity index is 1340. The number of nitrogens with zero attached hydrogens (tertiary/aromatic N) is 2. The largest absolute Gasteiger partial charge is 0.350 e. The van der Waals surface area contributed by atoms with Crippen LogP contribution in [0.5, 0.6) is 0 Å². The molecule has 0 saturated carbocycles. The van der Waals surface area contributed by atoms with Gasteiger partial charge in [0.1, 0.15) is 6.04 Å². The van der Waals surface area contributed by atoms with E-state index in [1.54, 1.807) is 16.4 Å². The number of carbonyl (C=O) groups is 1. The Balaban J connectivity index is 1.34. The van der Waals surface area contributed by atoms with Gasteiger partial charge in [-0.1, -0.05) is 24.6 Å². The van der Waals surface area contributed by atoms with Crippen LogP contribution < -0.4 is 10.6 Å². The summed E-state index contributed by atoms with van der Waals surface area (Å²) >= 11 is 0. The van der Waals surface area contributed by atoms with Crippen molar-refractivity contribution in [2.45, 2.75) is 63.7 Å². The van der Waals surface area contributed by atoms with Crippen molar-refractivity contribution in [3.8, 4) is 0 Å². The molecule has 0 radical (unpaired) electrons. The highest BCUT2D eigenvalue weighted by Crippen LogP contribution is 2.29. The summed E-state index contributed by atoms with van der Waals surface area (Å²) in [4.78, 5) is 13.3. The average molecular weight is 481 g/mol. The first-order valence-electron chi connectivity index (χ1n) is 12.0. The molecule has 7 nitrogen and oxygen atoms in total. The molecular weight excluding hydrogens is 448 g/mol. The fourth-order valence-corrected chi connectivity index (χ4v) is 6.60. The Morgan fingerprint density at radius 3 is 2.62 bits per heavy atom. The van der Waals surface area contributed by atoms with Crippen molar-refractivity contribution in [3.63, 3.8) is 0 Å². The first-order chi connectivity index (χ1) is 16.3. The number of sulfonamides is 1. The maximum atomic E-state index is 13.1. The third-order valence-corrected chi connectivity index (χ3v) is 9.02. The predicted molar refractivity (Wildman–Crippen MR) is 133 cm³/mol. The molecule has 3 aromatic rings. The molecule has 180 valence electrons. The summed E-state index contributed by atoms with van der Waals surface area (Å²) in [5.41, 5.74) is 5.52. The number of aromatic nitrogens is 1. The van der Waals surface area contributed by atoms with Gasteiger partial charge in [-0.15, -0.1) is 0 Å². The molecule has 1 saturated heterocycles. The van der Waals surface area contributed by atoms with Crippen molar-refractivity contribution in [3.05, 3.63) is 64.8 Å². The van der Waals surface area contributed by atoms with Gasteiger partial charge in [-0.25, -0.2) is 8.42 Å². The molecule has 5 rings (SSSR count). The zero-order valence-electron chi connectivity index (χ0n) is 19.8. The Kier molecular flexibility index (Phi) is 6.22. The van der Waals surface area contributed by atoms with Gasteiger partial charge in [-0.05, 0) is 67.1 Å². The SMILES string of the molecule is Cc1cn(C(C)C(=O)NCc2ccc3c(c2)CNC3)c2ccc(S(=O)(=O)N3CCCCC3)cc12. The lowest BCUT2D eigenvalue weighted by molar-refractivity contribution is -0.123. The van der Waals surface area contributed by atoms with Crippen LogP contribution >= 0.6 is 0 Å². The minimum atomic E-state index is -3.50. The van der Waals surface area contributed by atoms with E-state index in [0.29, 0.717) is 24.5 Å². The third kappa shape index (κ3) is 4.26. The Morgan fingerprint density at radius 1 is 1.06 bits per heavy atom. The van der Waals surface area contributed by atoms with Crippen molar-refractivity contribution in [1.29, 1.82) is 0 Å². The Hall–Kier alpha value is -2.68. The summed E-state index contributed by atoms with van der Waals surface area (Å²) in [6.45, 7) is 7.25. The summed E-state index contributed by atoms with van der Waals surface area (Å²) in [6, 6.07) is 11.2. The van der Waals surface area contributed by atoms with Crippen LogP contribution in [0.3, 0.4) is 0 Å². The van der Waals surface area contributed by atoms with E-state index in [-0.39, 0.29) is 5.91 Å². The number of carbonyl (C=O) groups excluding carboxylic acids is 1. The van der Waals surface area contributed by atoms with Gasteiger partial charge in [0.05, 0.1) is 4.90 Å². The van der Waals surface area contributed by atoms with Crippen molar-refractivity contribution in [2.24, 2.45) is 0 Å². The molecule has 2 N–H and O–H groups in total. The minimum Gasteiger partial charge on any atom is -0.350 e. The standard InChI is InChI=1S/C26H32N4O3S/c1-18-17-30(19(2)26(31)28-14-20-6-7-21-15-27-16-22(21)12-20)25-9-8-23(13-24(18)25)34(32,33)29-10-4-3-5-11-29/h6-9,12-13,17,19,27H,3-5,10-11,14-16H2,1-2H3,(H,28,31). The average Bonchev–Trinajstić information content (AvgIpc) is 3.46. The Morgan fingerprint density at radius 2 is 1.82 bits per heavy atom. The van der Waals surface area contributed by atoms with Crippen LogP contribution in [0.25, 0.3) is 10.9 Å². The number of piperidine rings is 1. The van der Waals surface area contributed by atoms with Crippen LogP contribution in [0.1, 0.15) is 54.5 Å². The topological polar surface area (TPSA) is 83.4 Å². The second-order valence-corrected chi connectivity index (χ2v) is 11.4. The molecule has 2 aliphatic heterocycles. The van der Waals surface area contributed by atoms with Gasteiger partial charge >= 0.3 is 0 Å². The molecule has 0 bridgehead atoms. The second-order valence-electron chi connectivity index (χ2n) is 9.46. The highest BCUT2D eigenvalue weighted by Gasteiger charge is 2.27. The molecule has 1 aromatic heterocycles. The lowest BCUT2D eigenvalue weighted by atomic mass is 10.1. The minimum absolute atomic E-state index is 0.0689. The number of benzene rings is 2. The van der Waals surface area contributed by atoms with E-state index < -0.39 is 16.1 Å². The van der Waals surface area contributed by atoms with Crippen LogP contribution in [0.4, 0.5) is 0 Å². The number of aryl methyl sites for hydroxylation is 1. The maximum absolute atomic E-state index is 13.1. The lowest BCUT2D eigenvalue weighted by Gasteiger charge is -2.26. The predicted octanol–water partition coefficient (Wildman–Crippen LogP) is 3.60. The van der Waals surface area contributed by atoms with Crippen molar-refractivity contribution in [2.75, 3.05) is 13.1 Å². The fraction of sp³-hybridized carbons (Fsp3) is 0.423. The van der Waals surface area contributed by atoms with Crippen LogP contribution in [-0.4, -0.2) is 36.3 Å². The van der Waals surface area contributed by atoms with Gasteiger partial charge in [0.15, 0.2) is 0 Å². The molecule has 2 aliphatic rings. The molecular formula is C26H32N4O3S.